The van der Waals surface area contributed by atoms with Crippen molar-refractivity contribution in [2.24, 2.45) is 0 Å². The molecule has 0 radical (unpaired) electrons. The monoisotopic (exact) mass is 255 g/mol. The van der Waals surface area contributed by atoms with E-state index in [0.717, 1.165) is 11.1 Å². The molecule has 0 unspecified atom stereocenters. The Hall–Kier alpha value is -1.55. The van der Waals surface area contributed by atoms with Gasteiger partial charge >= 0.3 is 5.97 Å². The fraction of sp³-hybridized carbons (Fsp3) is 0.333. The van der Waals surface area contributed by atoms with Gasteiger partial charge in [-0.15, -0.1) is 11.6 Å². The van der Waals surface area contributed by atoms with E-state index in [1.807, 2.05) is 13.0 Å². The summed E-state index contributed by atoms with van der Waals surface area (Å²) in [7, 11) is 1.33. The maximum Gasteiger partial charge on any atom is 0.337 e. The number of amides is 1. The van der Waals surface area contributed by atoms with Crippen molar-refractivity contribution in [3.63, 3.8) is 0 Å². The molecule has 92 valence electrons. The average Bonchev–Trinajstić information content (AvgIpc) is 2.36. The Morgan fingerprint density at radius 1 is 1.41 bits per heavy atom. The molecule has 1 N–H and O–H groups in total. The first-order valence-electron chi connectivity index (χ1n) is 5.09. The Bertz CT molecular complexity index is 432. The number of alkyl halides is 1. The highest BCUT2D eigenvalue weighted by atomic mass is 35.5. The van der Waals surface area contributed by atoms with E-state index in [4.69, 9.17) is 11.6 Å². The number of esters is 1. The van der Waals surface area contributed by atoms with Crippen molar-refractivity contribution in [2.75, 3.05) is 13.0 Å². The molecule has 0 saturated heterocycles. The summed E-state index contributed by atoms with van der Waals surface area (Å²) >= 11 is 5.38. The largest absolute Gasteiger partial charge is 0.465 e. The molecule has 0 aliphatic carbocycles. The van der Waals surface area contributed by atoms with Gasteiger partial charge in [0, 0.05) is 6.54 Å². The third-order valence-corrected chi connectivity index (χ3v) is 2.61. The van der Waals surface area contributed by atoms with Crippen molar-refractivity contribution >= 4 is 23.5 Å². The SMILES string of the molecule is COC(=O)c1ccc(C)c(CNC(=O)CCl)c1. The molecular weight excluding hydrogens is 242 g/mol. The van der Waals surface area contributed by atoms with Crippen molar-refractivity contribution < 1.29 is 14.3 Å². The van der Waals surface area contributed by atoms with Crippen LogP contribution in [0.4, 0.5) is 0 Å². The molecule has 0 heterocycles. The third-order valence-electron chi connectivity index (χ3n) is 2.37. The lowest BCUT2D eigenvalue weighted by Crippen LogP contribution is -2.24. The van der Waals surface area contributed by atoms with E-state index in [0.29, 0.717) is 12.1 Å². The zero-order chi connectivity index (χ0) is 12.8. The van der Waals surface area contributed by atoms with Gasteiger partial charge in [-0.2, -0.15) is 0 Å². The van der Waals surface area contributed by atoms with Gasteiger partial charge in [-0.3, -0.25) is 4.79 Å². The summed E-state index contributed by atoms with van der Waals surface area (Å²) in [5.41, 5.74) is 2.33. The summed E-state index contributed by atoms with van der Waals surface area (Å²) in [6, 6.07) is 5.21. The van der Waals surface area contributed by atoms with Crippen LogP contribution in [-0.4, -0.2) is 24.9 Å². The number of methoxy groups -OCH3 is 1. The van der Waals surface area contributed by atoms with Gasteiger partial charge in [0.05, 0.1) is 12.7 Å². The van der Waals surface area contributed by atoms with Crippen molar-refractivity contribution in [3.05, 3.63) is 34.9 Å². The van der Waals surface area contributed by atoms with Gasteiger partial charge in [0.2, 0.25) is 5.91 Å². The highest BCUT2D eigenvalue weighted by Crippen LogP contribution is 2.12. The molecule has 0 atom stereocenters. The lowest BCUT2D eigenvalue weighted by Gasteiger charge is -2.08. The smallest absolute Gasteiger partial charge is 0.337 e. The average molecular weight is 256 g/mol. The van der Waals surface area contributed by atoms with E-state index in [9.17, 15) is 9.59 Å². The normalized spacial score (nSPS) is 9.82. The number of benzene rings is 1. The molecule has 1 aromatic rings. The van der Waals surface area contributed by atoms with E-state index in [1.165, 1.54) is 7.11 Å². The summed E-state index contributed by atoms with van der Waals surface area (Å²) < 4.78 is 4.63. The molecule has 0 fully saturated rings. The van der Waals surface area contributed by atoms with E-state index < -0.39 is 5.97 Å². The standard InChI is InChI=1S/C12H14ClNO3/c1-8-3-4-9(12(16)17-2)5-10(8)7-14-11(15)6-13/h3-5H,6-7H2,1-2H3,(H,14,15). The second kappa shape index (κ2) is 6.25. The molecule has 17 heavy (non-hydrogen) atoms. The molecule has 1 rings (SSSR count). The van der Waals surface area contributed by atoms with Crippen LogP contribution < -0.4 is 5.32 Å². The molecule has 1 aromatic carbocycles. The molecule has 0 saturated carbocycles. The van der Waals surface area contributed by atoms with Crippen molar-refractivity contribution in [1.82, 2.24) is 5.32 Å². The Kier molecular flexibility index (Phi) is 4.97. The fourth-order valence-corrected chi connectivity index (χ4v) is 1.44. The predicted molar refractivity (Wildman–Crippen MR) is 65.1 cm³/mol. The number of halogens is 1. The second-order valence-corrected chi connectivity index (χ2v) is 3.81. The Morgan fingerprint density at radius 3 is 2.71 bits per heavy atom. The van der Waals surface area contributed by atoms with E-state index in [-0.39, 0.29) is 11.8 Å². The molecular formula is C12H14ClNO3. The number of rotatable bonds is 4. The number of carbonyl (C=O) groups excluding carboxylic acids is 2. The van der Waals surface area contributed by atoms with Gasteiger partial charge in [0.15, 0.2) is 0 Å². The van der Waals surface area contributed by atoms with Crippen LogP contribution in [0.5, 0.6) is 0 Å². The summed E-state index contributed by atoms with van der Waals surface area (Å²) in [5, 5.41) is 2.65. The first kappa shape index (κ1) is 13.5. The zero-order valence-corrected chi connectivity index (χ0v) is 10.5. The number of nitrogens with one attached hydrogen (secondary N) is 1. The number of carbonyl (C=O) groups is 2. The van der Waals surface area contributed by atoms with Crippen LogP contribution in [0.25, 0.3) is 0 Å². The van der Waals surface area contributed by atoms with Crippen LogP contribution in [0.2, 0.25) is 0 Å². The first-order chi connectivity index (χ1) is 8.08. The number of hydrogen-bond acceptors (Lipinski definition) is 3. The lowest BCUT2D eigenvalue weighted by atomic mass is 10.0. The highest BCUT2D eigenvalue weighted by molar-refractivity contribution is 6.27. The molecule has 4 nitrogen and oxygen atoms in total. The molecule has 5 heteroatoms. The third kappa shape index (κ3) is 3.75. The van der Waals surface area contributed by atoms with Crippen LogP contribution in [0.1, 0.15) is 21.5 Å². The van der Waals surface area contributed by atoms with Crippen LogP contribution in [0, 0.1) is 6.92 Å². The maximum atomic E-state index is 11.3. The molecule has 0 spiro atoms. The van der Waals surface area contributed by atoms with Crippen molar-refractivity contribution in [3.8, 4) is 0 Å². The Morgan fingerprint density at radius 2 is 2.12 bits per heavy atom. The van der Waals surface area contributed by atoms with Gasteiger partial charge in [0.1, 0.15) is 5.88 Å². The van der Waals surface area contributed by atoms with Crippen molar-refractivity contribution in [2.45, 2.75) is 13.5 Å². The van der Waals surface area contributed by atoms with Gasteiger partial charge in [-0.25, -0.2) is 4.79 Å². The van der Waals surface area contributed by atoms with E-state index in [1.54, 1.807) is 12.1 Å². The fourth-order valence-electron chi connectivity index (χ4n) is 1.35. The lowest BCUT2D eigenvalue weighted by molar-refractivity contribution is -0.118. The molecule has 0 bridgehead atoms. The Labute approximate surface area is 105 Å². The number of hydrogen-bond donors (Lipinski definition) is 1. The topological polar surface area (TPSA) is 55.4 Å². The second-order valence-electron chi connectivity index (χ2n) is 3.54. The summed E-state index contributed by atoms with van der Waals surface area (Å²) in [5.74, 6) is -0.708. The molecule has 0 aliphatic heterocycles. The van der Waals surface area contributed by atoms with Crippen LogP contribution in [-0.2, 0) is 16.1 Å². The number of aryl methyl sites for hydroxylation is 1. The molecule has 0 aromatic heterocycles. The minimum absolute atomic E-state index is 0.0737. The van der Waals surface area contributed by atoms with Crippen LogP contribution in [0.3, 0.4) is 0 Å². The zero-order valence-electron chi connectivity index (χ0n) is 9.75. The summed E-state index contributed by atoms with van der Waals surface area (Å²) in [6.07, 6.45) is 0. The quantitative estimate of drug-likeness (QED) is 0.657. The van der Waals surface area contributed by atoms with Gasteiger partial charge in [0.25, 0.3) is 0 Å². The van der Waals surface area contributed by atoms with Crippen LogP contribution >= 0.6 is 11.6 Å². The van der Waals surface area contributed by atoms with Crippen molar-refractivity contribution in [1.29, 1.82) is 0 Å². The summed E-state index contributed by atoms with van der Waals surface area (Å²) in [4.78, 5) is 22.4. The van der Waals surface area contributed by atoms with E-state index >= 15 is 0 Å². The molecule has 0 aliphatic rings. The Balaban J connectivity index is 2.83. The van der Waals surface area contributed by atoms with Gasteiger partial charge in [-0.1, -0.05) is 6.07 Å². The minimum atomic E-state index is -0.394. The summed E-state index contributed by atoms with van der Waals surface area (Å²) in [6.45, 7) is 2.26. The highest BCUT2D eigenvalue weighted by Gasteiger charge is 2.08. The number of ether oxygens (including phenoxy) is 1. The van der Waals surface area contributed by atoms with Gasteiger partial charge < -0.3 is 10.1 Å². The first-order valence-corrected chi connectivity index (χ1v) is 5.62. The molecule has 1 amide bonds. The van der Waals surface area contributed by atoms with Gasteiger partial charge in [-0.05, 0) is 30.2 Å². The van der Waals surface area contributed by atoms with E-state index in [2.05, 4.69) is 10.1 Å². The minimum Gasteiger partial charge on any atom is -0.465 e. The van der Waals surface area contributed by atoms with Crippen LogP contribution in [0.15, 0.2) is 18.2 Å². The maximum absolute atomic E-state index is 11.3. The predicted octanol–water partition coefficient (Wildman–Crippen LogP) is 1.64.